The number of rotatable bonds is 2. The highest BCUT2D eigenvalue weighted by Gasteiger charge is 2.14. The number of pyridine rings is 3. The average Bonchev–Trinajstić information content (AvgIpc) is 3.77. The van der Waals surface area contributed by atoms with E-state index in [2.05, 4.69) is 167 Å². The molecule has 9 aromatic rings. The summed E-state index contributed by atoms with van der Waals surface area (Å²) in [5.74, 6) is 1.64. The van der Waals surface area contributed by atoms with Crippen LogP contribution in [0.1, 0.15) is 5.56 Å². The van der Waals surface area contributed by atoms with Gasteiger partial charge < -0.3 is 24.4 Å². The van der Waals surface area contributed by atoms with Crippen LogP contribution in [-0.4, -0.2) is 44.1 Å². The zero-order chi connectivity index (χ0) is 36.1. The molecule has 6 aromatic heterocycles. The first kappa shape index (κ1) is 36.8. The van der Waals surface area contributed by atoms with E-state index in [0.717, 1.165) is 103 Å². The molecule has 0 aliphatic heterocycles. The van der Waals surface area contributed by atoms with Crippen LogP contribution >= 0.6 is 112 Å². The average molecular weight is 1130 g/mol. The number of hydrogen-bond donors (Lipinski definition) is 3. The molecule has 0 amide bonds. The zero-order valence-electron chi connectivity index (χ0n) is 26.7. The van der Waals surface area contributed by atoms with Crippen molar-refractivity contribution in [2.75, 3.05) is 14.2 Å². The Hall–Kier alpha value is -2.53. The Morgan fingerprint density at radius 1 is 0.490 bits per heavy atom. The molecule has 9 rings (SSSR count). The summed E-state index contributed by atoms with van der Waals surface area (Å²) in [4.78, 5) is 23.0. The second-order valence-corrected chi connectivity index (χ2v) is 17.3. The van der Waals surface area contributed by atoms with Crippen molar-refractivity contribution in [1.29, 1.82) is 0 Å². The molecular formula is C36H23Br7N6O2. The van der Waals surface area contributed by atoms with Crippen molar-refractivity contribution in [3.63, 3.8) is 0 Å². The maximum Gasteiger partial charge on any atom is 0.138 e. The Labute approximate surface area is 349 Å². The number of ether oxygens (including phenoxy) is 2. The summed E-state index contributed by atoms with van der Waals surface area (Å²) in [5.41, 5.74) is 7.01. The maximum absolute atomic E-state index is 5.31. The van der Waals surface area contributed by atoms with Gasteiger partial charge in [-0.3, -0.25) is 0 Å². The summed E-state index contributed by atoms with van der Waals surface area (Å²) >= 11 is 24.6. The molecule has 0 radical (unpaired) electrons. The number of halogens is 7. The normalized spacial score (nSPS) is 11.3. The molecule has 0 fully saturated rings. The van der Waals surface area contributed by atoms with Gasteiger partial charge in [0.2, 0.25) is 0 Å². The number of hydrogen-bond acceptors (Lipinski definition) is 5. The van der Waals surface area contributed by atoms with E-state index in [1.807, 2.05) is 30.3 Å². The van der Waals surface area contributed by atoms with Crippen molar-refractivity contribution in [3.05, 3.63) is 104 Å². The summed E-state index contributed by atoms with van der Waals surface area (Å²) in [6, 6.07) is 16.2. The largest absolute Gasteiger partial charge is 0.496 e. The number of nitrogens with zero attached hydrogens (tertiary/aromatic N) is 3. The highest BCUT2D eigenvalue weighted by molar-refractivity contribution is 9.11. The molecule has 15 heteroatoms. The van der Waals surface area contributed by atoms with Gasteiger partial charge >= 0.3 is 0 Å². The summed E-state index contributed by atoms with van der Waals surface area (Å²) < 4.78 is 17.6. The van der Waals surface area contributed by atoms with Crippen molar-refractivity contribution in [2.45, 2.75) is 6.92 Å². The van der Waals surface area contributed by atoms with Gasteiger partial charge in [-0.15, -0.1) is 0 Å². The van der Waals surface area contributed by atoms with E-state index in [9.17, 15) is 0 Å². The van der Waals surface area contributed by atoms with Crippen LogP contribution < -0.4 is 9.47 Å². The number of aromatic nitrogens is 6. The van der Waals surface area contributed by atoms with Gasteiger partial charge in [-0.25, -0.2) is 15.0 Å². The van der Waals surface area contributed by atoms with Crippen LogP contribution in [-0.2, 0) is 0 Å². The van der Waals surface area contributed by atoms with Gasteiger partial charge in [0.25, 0.3) is 0 Å². The van der Waals surface area contributed by atoms with E-state index in [4.69, 9.17) is 9.47 Å². The van der Waals surface area contributed by atoms with Crippen LogP contribution in [0.15, 0.2) is 98.4 Å². The Bertz CT molecular complexity index is 2790. The van der Waals surface area contributed by atoms with E-state index in [-0.39, 0.29) is 0 Å². The molecule has 51 heavy (non-hydrogen) atoms. The first-order valence-corrected chi connectivity index (χ1v) is 20.5. The molecule has 6 heterocycles. The second kappa shape index (κ2) is 15.1. The minimum absolute atomic E-state index is 0.818. The fraction of sp³-hybridized carbons (Fsp3) is 0.0833. The monoisotopic (exact) mass is 1120 g/mol. The van der Waals surface area contributed by atoms with E-state index >= 15 is 0 Å². The van der Waals surface area contributed by atoms with Crippen molar-refractivity contribution in [1.82, 2.24) is 29.9 Å². The first-order valence-electron chi connectivity index (χ1n) is 15.0. The molecule has 0 aliphatic rings. The standard InChI is InChI=1S/C12H7Br3N2.2C12H8Br2N2O/c1-5-8(14)3-9-10(11(5)15)7-2-6(13)4-16-12(7)17-9;1-17-11-3-7-8-2-6(13)5-15-12(8)16-10(7)4-9(11)14;1-17-9-3-2-8-10(11(9)14)7-4-6(13)5-15-12(7)16-8/h2-4H,1H3,(H,16,17);2*2-5H,1H3,(H,15,16). The Balaban J connectivity index is 0.000000119. The summed E-state index contributed by atoms with van der Waals surface area (Å²) in [7, 11) is 3.32. The molecule has 3 N–H and O–H groups in total. The molecule has 3 aromatic carbocycles. The van der Waals surface area contributed by atoms with Gasteiger partial charge in [-0.2, -0.15) is 0 Å². The number of fused-ring (bicyclic) bond motifs is 9. The van der Waals surface area contributed by atoms with Crippen molar-refractivity contribution in [2.24, 2.45) is 0 Å². The zero-order valence-corrected chi connectivity index (χ0v) is 37.8. The molecule has 8 nitrogen and oxygen atoms in total. The lowest BCUT2D eigenvalue weighted by Crippen LogP contribution is -1.84. The van der Waals surface area contributed by atoms with Crippen molar-refractivity contribution in [3.8, 4) is 11.5 Å². The van der Waals surface area contributed by atoms with Gasteiger partial charge in [-0.05, 0) is 157 Å². The maximum atomic E-state index is 5.31. The molecule has 0 saturated heterocycles. The van der Waals surface area contributed by atoms with Gasteiger partial charge in [0, 0.05) is 89.8 Å². The van der Waals surface area contributed by atoms with Crippen LogP contribution in [0.3, 0.4) is 0 Å². The SMILES string of the molecule is COc1cc2c(cc1Br)[nH]c1ncc(Br)cc12.COc1ccc2[nH]c3ncc(Br)cc3c2c1Br.Cc1c(Br)cc2[nH]c3ncc(Br)cc3c2c1Br. The number of H-pyrrole nitrogens is 3. The van der Waals surface area contributed by atoms with Crippen LogP contribution in [0.5, 0.6) is 11.5 Å². The predicted octanol–water partition coefficient (Wildman–Crippen LogP) is 13.8. The third-order valence-corrected chi connectivity index (χ3v) is 12.7. The predicted molar refractivity (Wildman–Crippen MR) is 233 cm³/mol. The number of benzene rings is 3. The number of aromatic amines is 3. The molecule has 0 spiro atoms. The van der Waals surface area contributed by atoms with E-state index < -0.39 is 0 Å². The third kappa shape index (κ3) is 7.11. The number of methoxy groups -OCH3 is 2. The first-order chi connectivity index (χ1) is 24.5. The minimum atomic E-state index is 0.818. The minimum Gasteiger partial charge on any atom is -0.496 e. The highest BCUT2D eigenvalue weighted by atomic mass is 79.9. The molecule has 258 valence electrons. The second-order valence-electron chi connectivity index (χ2n) is 11.3. The summed E-state index contributed by atoms with van der Waals surface area (Å²) in [6.45, 7) is 2.08. The quantitative estimate of drug-likeness (QED) is 0.160. The topological polar surface area (TPSA) is 104 Å². The van der Waals surface area contributed by atoms with Gasteiger partial charge in [0.15, 0.2) is 0 Å². The van der Waals surface area contributed by atoms with E-state index in [0.29, 0.717) is 0 Å². The Kier molecular flexibility index (Phi) is 10.9. The molecule has 0 atom stereocenters. The van der Waals surface area contributed by atoms with Gasteiger partial charge in [0.1, 0.15) is 28.4 Å². The molecule has 0 bridgehead atoms. The lowest BCUT2D eigenvalue weighted by atomic mass is 10.1. The Morgan fingerprint density at radius 3 is 1.57 bits per heavy atom. The van der Waals surface area contributed by atoms with Crippen LogP contribution in [0.2, 0.25) is 0 Å². The summed E-state index contributed by atoms with van der Waals surface area (Å²) in [5, 5.41) is 6.65. The van der Waals surface area contributed by atoms with Crippen LogP contribution in [0, 0.1) is 6.92 Å². The lowest BCUT2D eigenvalue weighted by molar-refractivity contribution is 0.413. The van der Waals surface area contributed by atoms with Gasteiger partial charge in [0.05, 0.1) is 23.2 Å². The molecule has 0 saturated carbocycles. The fourth-order valence-electron chi connectivity index (χ4n) is 5.78. The van der Waals surface area contributed by atoms with E-state index in [1.165, 1.54) is 10.9 Å². The lowest BCUT2D eigenvalue weighted by Gasteiger charge is -2.03. The van der Waals surface area contributed by atoms with Gasteiger partial charge in [-0.1, -0.05) is 15.9 Å². The smallest absolute Gasteiger partial charge is 0.138 e. The Morgan fingerprint density at radius 2 is 0.980 bits per heavy atom. The highest BCUT2D eigenvalue weighted by Crippen LogP contribution is 2.39. The fourth-order valence-corrected chi connectivity index (χ4v) is 9.34. The van der Waals surface area contributed by atoms with Crippen LogP contribution in [0.4, 0.5) is 0 Å². The molecule has 0 aliphatic carbocycles. The van der Waals surface area contributed by atoms with E-state index in [1.54, 1.807) is 32.8 Å². The molecule has 0 unspecified atom stereocenters. The van der Waals surface area contributed by atoms with Crippen molar-refractivity contribution >= 4 is 177 Å². The van der Waals surface area contributed by atoms with Crippen LogP contribution in [0.25, 0.3) is 65.8 Å². The molecular weight excluding hydrogens is 1110 g/mol. The van der Waals surface area contributed by atoms with Crippen molar-refractivity contribution < 1.29 is 9.47 Å². The number of nitrogens with one attached hydrogen (secondary N) is 3. The summed E-state index contributed by atoms with van der Waals surface area (Å²) in [6.07, 6.45) is 5.36. The third-order valence-electron chi connectivity index (χ3n) is 8.22.